The zero-order valence-corrected chi connectivity index (χ0v) is 20.3. The molecule has 0 bridgehead atoms. The topological polar surface area (TPSA) is 49.4 Å². The van der Waals surface area contributed by atoms with Gasteiger partial charge in [-0.05, 0) is 42.5 Å². The van der Waals surface area contributed by atoms with E-state index in [0.29, 0.717) is 12.0 Å². The molecular formula is C30H33FN2O2. The van der Waals surface area contributed by atoms with Crippen molar-refractivity contribution in [2.45, 2.75) is 64.1 Å². The Morgan fingerprint density at radius 3 is 2.26 bits per heavy atom. The van der Waals surface area contributed by atoms with Crippen LogP contribution in [-0.2, 0) is 29.0 Å². The van der Waals surface area contributed by atoms with Gasteiger partial charge in [-0.25, -0.2) is 4.39 Å². The molecule has 4 rings (SSSR count). The van der Waals surface area contributed by atoms with Crippen LogP contribution in [-0.4, -0.2) is 28.8 Å². The molecule has 3 aromatic carbocycles. The summed E-state index contributed by atoms with van der Waals surface area (Å²) >= 11 is 0. The lowest BCUT2D eigenvalue weighted by Gasteiger charge is -2.32. The Balaban J connectivity index is 1.66. The quantitative estimate of drug-likeness (QED) is 0.455. The van der Waals surface area contributed by atoms with E-state index in [1.54, 1.807) is 23.1 Å². The summed E-state index contributed by atoms with van der Waals surface area (Å²) in [6.07, 6.45) is 4.44. The lowest BCUT2D eigenvalue weighted by atomic mass is 10.0. The number of benzene rings is 3. The van der Waals surface area contributed by atoms with Gasteiger partial charge in [0, 0.05) is 19.0 Å². The number of hydrogen-bond donors (Lipinski definition) is 1. The van der Waals surface area contributed by atoms with Gasteiger partial charge >= 0.3 is 0 Å². The zero-order valence-electron chi connectivity index (χ0n) is 20.3. The molecule has 1 fully saturated rings. The second-order valence-corrected chi connectivity index (χ2v) is 9.47. The van der Waals surface area contributed by atoms with E-state index in [4.69, 9.17) is 0 Å². The van der Waals surface area contributed by atoms with Gasteiger partial charge in [-0.1, -0.05) is 91.2 Å². The minimum absolute atomic E-state index is 0.0967. The Labute approximate surface area is 207 Å². The molecule has 1 aliphatic rings. The van der Waals surface area contributed by atoms with Gasteiger partial charge in [0.1, 0.15) is 11.9 Å². The van der Waals surface area contributed by atoms with Gasteiger partial charge < -0.3 is 10.2 Å². The number of nitrogens with one attached hydrogen (secondary N) is 1. The molecule has 0 spiro atoms. The molecule has 1 aliphatic carbocycles. The molecule has 1 saturated carbocycles. The first kappa shape index (κ1) is 24.6. The maximum atomic E-state index is 14.4. The van der Waals surface area contributed by atoms with E-state index in [1.807, 2.05) is 61.5 Å². The average Bonchev–Trinajstić information content (AvgIpc) is 3.37. The van der Waals surface area contributed by atoms with Crippen molar-refractivity contribution in [3.63, 3.8) is 0 Å². The molecule has 1 atom stereocenters. The maximum Gasteiger partial charge on any atom is 0.243 e. The molecule has 35 heavy (non-hydrogen) atoms. The first-order chi connectivity index (χ1) is 17.0. The van der Waals surface area contributed by atoms with E-state index in [2.05, 4.69) is 5.32 Å². The fourth-order valence-corrected chi connectivity index (χ4v) is 4.72. The molecule has 0 aromatic heterocycles. The lowest BCUT2D eigenvalue weighted by molar-refractivity contribution is -0.141. The van der Waals surface area contributed by atoms with Crippen molar-refractivity contribution in [2.75, 3.05) is 0 Å². The highest BCUT2D eigenvalue weighted by Crippen LogP contribution is 2.21. The van der Waals surface area contributed by atoms with Crippen molar-refractivity contribution in [1.29, 1.82) is 0 Å². The molecule has 182 valence electrons. The second-order valence-electron chi connectivity index (χ2n) is 9.47. The number of carbonyl (C=O) groups excluding carboxylic acids is 2. The predicted octanol–water partition coefficient (Wildman–Crippen LogP) is 5.38. The van der Waals surface area contributed by atoms with Gasteiger partial charge in [0.25, 0.3) is 0 Å². The number of hydrogen-bond acceptors (Lipinski definition) is 2. The molecule has 2 amide bonds. The van der Waals surface area contributed by atoms with E-state index >= 15 is 0 Å². The highest BCUT2D eigenvalue weighted by Gasteiger charge is 2.32. The number of halogens is 1. The number of nitrogens with zero attached hydrogens (tertiary/aromatic N) is 1. The normalized spacial score (nSPS) is 14.5. The second kappa shape index (κ2) is 11.8. The van der Waals surface area contributed by atoms with Gasteiger partial charge in [-0.3, -0.25) is 9.59 Å². The molecule has 0 saturated heterocycles. The fraction of sp³-hybridized carbons (Fsp3) is 0.333. The SMILES string of the molecule is Cc1ccc(CN(C(=O)Cc2ccccc2F)[C@@H](Cc2ccccc2)C(=O)NC2CCCC2)cc1. The summed E-state index contributed by atoms with van der Waals surface area (Å²) < 4.78 is 14.4. The Bertz CT molecular complexity index is 1120. The monoisotopic (exact) mass is 472 g/mol. The van der Waals surface area contributed by atoms with Crippen LogP contribution in [0.5, 0.6) is 0 Å². The van der Waals surface area contributed by atoms with Crippen LogP contribution in [0.15, 0.2) is 78.9 Å². The summed E-state index contributed by atoms with van der Waals surface area (Å²) in [5.74, 6) is -0.820. The summed E-state index contributed by atoms with van der Waals surface area (Å²) in [5, 5.41) is 3.20. The third-order valence-electron chi connectivity index (χ3n) is 6.75. The van der Waals surface area contributed by atoms with E-state index in [0.717, 1.165) is 42.4 Å². The van der Waals surface area contributed by atoms with Crippen molar-refractivity contribution in [2.24, 2.45) is 0 Å². The van der Waals surface area contributed by atoms with Gasteiger partial charge in [0.15, 0.2) is 0 Å². The van der Waals surface area contributed by atoms with Crippen molar-refractivity contribution < 1.29 is 14.0 Å². The minimum atomic E-state index is -0.696. The Hall–Kier alpha value is -3.47. The number of aryl methyl sites for hydroxylation is 1. The van der Waals surface area contributed by atoms with Crippen LogP contribution in [0.4, 0.5) is 4.39 Å². The molecule has 1 N–H and O–H groups in total. The molecule has 0 unspecified atom stereocenters. The standard InChI is InChI=1S/C30H33FN2O2/c1-22-15-17-24(18-16-22)21-33(29(34)20-25-11-5-8-14-27(25)31)28(19-23-9-3-2-4-10-23)30(35)32-26-12-6-7-13-26/h2-5,8-11,14-18,26,28H,6-7,12-13,19-21H2,1H3,(H,32,35)/t28-/m0/s1. The predicted molar refractivity (Wildman–Crippen MR) is 136 cm³/mol. The van der Waals surface area contributed by atoms with Crippen LogP contribution in [0.2, 0.25) is 0 Å². The van der Waals surface area contributed by atoms with E-state index < -0.39 is 11.9 Å². The number of amides is 2. The Kier molecular flexibility index (Phi) is 8.30. The first-order valence-electron chi connectivity index (χ1n) is 12.4. The van der Waals surface area contributed by atoms with Crippen LogP contribution in [0, 0.1) is 12.7 Å². The zero-order chi connectivity index (χ0) is 24.6. The summed E-state index contributed by atoms with van der Waals surface area (Å²) in [4.78, 5) is 29.0. The first-order valence-corrected chi connectivity index (χ1v) is 12.4. The Morgan fingerprint density at radius 2 is 1.57 bits per heavy atom. The van der Waals surface area contributed by atoms with Gasteiger partial charge in [-0.15, -0.1) is 0 Å². The highest BCUT2D eigenvalue weighted by molar-refractivity contribution is 5.89. The summed E-state index contributed by atoms with van der Waals surface area (Å²) in [5.41, 5.74) is 3.37. The largest absolute Gasteiger partial charge is 0.352 e. The maximum absolute atomic E-state index is 14.4. The molecule has 0 aliphatic heterocycles. The van der Waals surface area contributed by atoms with Crippen molar-refractivity contribution in [1.82, 2.24) is 10.2 Å². The average molecular weight is 473 g/mol. The number of carbonyl (C=O) groups is 2. The highest BCUT2D eigenvalue weighted by atomic mass is 19.1. The summed E-state index contributed by atoms with van der Waals surface area (Å²) in [6, 6.07) is 23.5. The molecule has 5 heteroatoms. The third-order valence-corrected chi connectivity index (χ3v) is 6.75. The lowest BCUT2D eigenvalue weighted by Crippen LogP contribution is -2.52. The van der Waals surface area contributed by atoms with Crippen LogP contribution >= 0.6 is 0 Å². The smallest absolute Gasteiger partial charge is 0.243 e. The van der Waals surface area contributed by atoms with E-state index in [-0.39, 0.29) is 30.8 Å². The summed E-state index contributed by atoms with van der Waals surface area (Å²) in [7, 11) is 0. The van der Waals surface area contributed by atoms with Gasteiger partial charge in [0.2, 0.25) is 11.8 Å². The third kappa shape index (κ3) is 6.78. The van der Waals surface area contributed by atoms with Crippen molar-refractivity contribution >= 4 is 11.8 Å². The molecule has 0 radical (unpaired) electrons. The van der Waals surface area contributed by atoms with Crippen LogP contribution in [0.1, 0.15) is 47.9 Å². The fourth-order valence-electron chi connectivity index (χ4n) is 4.72. The Morgan fingerprint density at radius 1 is 0.914 bits per heavy atom. The van der Waals surface area contributed by atoms with Crippen LogP contribution < -0.4 is 5.32 Å². The van der Waals surface area contributed by atoms with Crippen molar-refractivity contribution in [3.8, 4) is 0 Å². The van der Waals surface area contributed by atoms with E-state index in [1.165, 1.54) is 6.07 Å². The van der Waals surface area contributed by atoms with Crippen LogP contribution in [0.25, 0.3) is 0 Å². The number of rotatable bonds is 9. The van der Waals surface area contributed by atoms with Gasteiger partial charge in [0.05, 0.1) is 6.42 Å². The van der Waals surface area contributed by atoms with Crippen molar-refractivity contribution in [3.05, 3.63) is 107 Å². The summed E-state index contributed by atoms with van der Waals surface area (Å²) in [6.45, 7) is 2.29. The minimum Gasteiger partial charge on any atom is -0.352 e. The molecular weight excluding hydrogens is 439 g/mol. The molecule has 3 aromatic rings. The molecule has 0 heterocycles. The van der Waals surface area contributed by atoms with Crippen LogP contribution in [0.3, 0.4) is 0 Å². The molecule has 4 nitrogen and oxygen atoms in total. The van der Waals surface area contributed by atoms with Gasteiger partial charge in [-0.2, -0.15) is 0 Å². The van der Waals surface area contributed by atoms with E-state index in [9.17, 15) is 14.0 Å².